The normalized spacial score (nSPS) is 31.7. The van der Waals surface area contributed by atoms with Crippen molar-refractivity contribution in [3.63, 3.8) is 0 Å². The first-order valence-electron chi connectivity index (χ1n) is 12.5. The van der Waals surface area contributed by atoms with Gasteiger partial charge < -0.3 is 42.1 Å². The molecule has 0 unspecified atom stereocenters. The fraction of sp³-hybridized carbons (Fsp3) is 0.696. The summed E-state index contributed by atoms with van der Waals surface area (Å²) in [5.74, 6) is -2.60. The van der Waals surface area contributed by atoms with Gasteiger partial charge >= 0.3 is 5.97 Å². The van der Waals surface area contributed by atoms with E-state index in [9.17, 15) is 29.4 Å². The maximum absolute atomic E-state index is 13.1. The number of nitrogens with one attached hydrogen (secondary N) is 2. The van der Waals surface area contributed by atoms with Crippen LogP contribution in [0.4, 0.5) is 0 Å². The summed E-state index contributed by atoms with van der Waals surface area (Å²) in [5.41, 5.74) is 10.5. The molecule has 0 spiro atoms. The van der Waals surface area contributed by atoms with Crippen LogP contribution < -0.4 is 22.1 Å². The van der Waals surface area contributed by atoms with E-state index in [0.29, 0.717) is 37.4 Å². The lowest BCUT2D eigenvalue weighted by Gasteiger charge is -2.46. The van der Waals surface area contributed by atoms with E-state index in [1.807, 2.05) is 6.92 Å². The zero-order chi connectivity index (χ0) is 27.0. The highest BCUT2D eigenvalue weighted by Crippen LogP contribution is 2.51. The number of aliphatic hydroxyl groups is 1. The molecule has 3 saturated heterocycles. The number of likely N-dealkylation sites (tertiary alicyclic amines) is 1. The summed E-state index contributed by atoms with van der Waals surface area (Å²) in [6.45, 7) is 5.14. The zero-order valence-electron chi connectivity index (χ0n) is 20.9. The van der Waals surface area contributed by atoms with Gasteiger partial charge in [0.25, 0.3) is 0 Å². The smallest absolute Gasteiger partial charge is 0.353 e. The van der Waals surface area contributed by atoms with Crippen molar-refractivity contribution in [2.45, 2.75) is 62.6 Å². The molecule has 0 saturated carbocycles. The van der Waals surface area contributed by atoms with E-state index in [4.69, 9.17) is 11.5 Å². The highest BCUT2D eigenvalue weighted by molar-refractivity contribution is 8.03. The lowest BCUT2D eigenvalue weighted by molar-refractivity contribution is -0.163. The Kier molecular flexibility index (Phi) is 7.99. The van der Waals surface area contributed by atoms with Gasteiger partial charge in [-0.2, -0.15) is 0 Å². The third-order valence-electron chi connectivity index (χ3n) is 7.49. The van der Waals surface area contributed by atoms with Gasteiger partial charge in [-0.1, -0.05) is 6.92 Å². The van der Waals surface area contributed by atoms with Crippen LogP contribution in [0, 0.1) is 11.8 Å². The van der Waals surface area contributed by atoms with E-state index in [1.165, 1.54) is 16.7 Å². The highest BCUT2D eigenvalue weighted by atomic mass is 32.2. The van der Waals surface area contributed by atoms with Crippen molar-refractivity contribution in [2.24, 2.45) is 28.3 Å². The number of rotatable bonds is 9. The molecule has 4 heterocycles. The number of amides is 3. The van der Waals surface area contributed by atoms with Gasteiger partial charge in [0.15, 0.2) is 5.96 Å². The highest BCUT2D eigenvalue weighted by Gasteiger charge is 2.60. The summed E-state index contributed by atoms with van der Waals surface area (Å²) in [6, 6.07) is -0.888. The van der Waals surface area contributed by atoms with Crippen LogP contribution in [0.15, 0.2) is 15.6 Å². The van der Waals surface area contributed by atoms with Gasteiger partial charge in [0.1, 0.15) is 5.70 Å². The number of carbonyl (C=O) groups excluding carboxylic acids is 3. The summed E-state index contributed by atoms with van der Waals surface area (Å²) >= 11 is 1.41. The minimum atomic E-state index is -1.16. The summed E-state index contributed by atoms with van der Waals surface area (Å²) in [5, 5.41) is 26.0. The van der Waals surface area contributed by atoms with Crippen LogP contribution in [0.2, 0.25) is 0 Å². The Morgan fingerprint density at radius 1 is 1.32 bits per heavy atom. The van der Waals surface area contributed by atoms with E-state index in [1.54, 1.807) is 11.8 Å². The molecule has 0 aromatic heterocycles. The van der Waals surface area contributed by atoms with Gasteiger partial charge in [-0.3, -0.25) is 19.4 Å². The van der Waals surface area contributed by atoms with Crippen LogP contribution in [0.3, 0.4) is 0 Å². The van der Waals surface area contributed by atoms with Gasteiger partial charge in [-0.15, -0.1) is 11.8 Å². The molecule has 0 radical (unpaired) electrons. The van der Waals surface area contributed by atoms with Gasteiger partial charge in [0.2, 0.25) is 17.7 Å². The molecule has 13 nitrogen and oxygen atoms in total. The molecular formula is C23H35N7O6S. The maximum atomic E-state index is 13.1. The first-order chi connectivity index (χ1) is 17.5. The number of fused-ring (bicyclic) bond motifs is 1. The second-order valence-corrected chi connectivity index (χ2v) is 11.4. The molecule has 4 aliphatic rings. The standard InChI is InChI=1S/C23H35N7O6S/c1-10-17-16(11(2)31)21(34)30(17)18(22(35)36)19(10)37-13-7-14(27-8-13)20(33)29-6-4-12(9-29)28-15(32)3-5-26-23(24)25/h10-14,16-17,27,31H,3-9H2,1-2H3,(H,28,32)(H,35,36)(H4,24,25,26)/t10-,11-,12+,13+,14+,16-,17-/m1/s1. The van der Waals surface area contributed by atoms with Crippen molar-refractivity contribution in [1.29, 1.82) is 0 Å². The van der Waals surface area contributed by atoms with Crippen LogP contribution in [-0.4, -0.2) is 105 Å². The van der Waals surface area contributed by atoms with E-state index in [0.717, 1.165) is 0 Å². The molecule has 0 aromatic carbocycles. The number of hydrogen-bond donors (Lipinski definition) is 6. The van der Waals surface area contributed by atoms with E-state index in [2.05, 4.69) is 15.6 Å². The molecular weight excluding hydrogens is 502 g/mol. The number of carboxylic acids is 1. The van der Waals surface area contributed by atoms with Gasteiger partial charge in [0.05, 0.1) is 30.7 Å². The Labute approximate surface area is 219 Å². The second-order valence-electron chi connectivity index (χ2n) is 10.1. The number of nitrogens with two attached hydrogens (primary N) is 2. The quantitative estimate of drug-likeness (QED) is 0.108. The van der Waals surface area contributed by atoms with Crippen LogP contribution in [-0.2, 0) is 19.2 Å². The first-order valence-corrected chi connectivity index (χ1v) is 13.4. The fourth-order valence-electron chi connectivity index (χ4n) is 5.72. The number of thioether (sulfide) groups is 1. The van der Waals surface area contributed by atoms with Gasteiger partial charge in [0, 0.05) is 48.2 Å². The minimum absolute atomic E-state index is 0.00265. The number of aliphatic imine (C=N–C) groups is 1. The molecule has 204 valence electrons. The lowest BCUT2D eigenvalue weighted by Crippen LogP contribution is -2.63. The number of aliphatic hydroxyl groups excluding tert-OH is 1. The Balaban J connectivity index is 1.31. The number of carboxylic acid groups (broad SMARTS) is 1. The van der Waals surface area contributed by atoms with E-state index in [-0.39, 0.29) is 65.6 Å². The third-order valence-corrected chi connectivity index (χ3v) is 9.00. The van der Waals surface area contributed by atoms with Gasteiger partial charge in [-0.05, 0) is 19.8 Å². The van der Waals surface area contributed by atoms with Crippen LogP contribution >= 0.6 is 11.8 Å². The topological polar surface area (TPSA) is 204 Å². The molecule has 37 heavy (non-hydrogen) atoms. The summed E-state index contributed by atoms with van der Waals surface area (Å²) in [7, 11) is 0. The van der Waals surface area contributed by atoms with Crippen LogP contribution in [0.25, 0.3) is 0 Å². The maximum Gasteiger partial charge on any atom is 0.353 e. The van der Waals surface area contributed by atoms with Gasteiger partial charge in [-0.25, -0.2) is 4.79 Å². The zero-order valence-corrected chi connectivity index (χ0v) is 21.7. The SMILES string of the molecule is C[C@@H](O)[C@H]1C(=O)N2C(C(=O)O)=C(S[C@@H]3CN[C@H](C(=O)N4CC[C@H](NC(=O)CCN=C(N)N)C4)C3)[C@H](C)[C@H]12. The van der Waals surface area contributed by atoms with Crippen LogP contribution in [0.5, 0.6) is 0 Å². The lowest BCUT2D eigenvalue weighted by atomic mass is 9.79. The molecule has 3 fully saturated rings. The largest absolute Gasteiger partial charge is 0.477 e. The number of aliphatic carboxylic acids is 1. The molecule has 0 bridgehead atoms. The fourth-order valence-corrected chi connectivity index (χ4v) is 7.20. The molecule has 0 aromatic rings. The number of hydrogen-bond acceptors (Lipinski definition) is 8. The summed E-state index contributed by atoms with van der Waals surface area (Å²) in [4.78, 5) is 57.3. The van der Waals surface area contributed by atoms with Crippen molar-refractivity contribution in [1.82, 2.24) is 20.4 Å². The molecule has 4 aliphatic heterocycles. The Bertz CT molecular complexity index is 1030. The monoisotopic (exact) mass is 537 g/mol. The van der Waals surface area contributed by atoms with Crippen molar-refractivity contribution in [3.05, 3.63) is 10.6 Å². The molecule has 3 amide bonds. The van der Waals surface area contributed by atoms with E-state index >= 15 is 0 Å². The number of guanidine groups is 1. The van der Waals surface area contributed by atoms with Crippen LogP contribution in [0.1, 0.15) is 33.1 Å². The molecule has 4 rings (SSSR count). The van der Waals surface area contributed by atoms with Crippen molar-refractivity contribution in [2.75, 3.05) is 26.2 Å². The minimum Gasteiger partial charge on any atom is -0.477 e. The predicted molar refractivity (Wildman–Crippen MR) is 136 cm³/mol. The number of β-lactam (4-membered cyclic amide) rings is 1. The Morgan fingerprint density at radius 3 is 2.70 bits per heavy atom. The molecule has 7 atom stereocenters. The summed E-state index contributed by atoms with van der Waals surface area (Å²) in [6.07, 6.45) is 0.502. The second kappa shape index (κ2) is 10.9. The predicted octanol–water partition coefficient (Wildman–Crippen LogP) is -2.02. The van der Waals surface area contributed by atoms with Crippen molar-refractivity contribution >= 4 is 41.4 Å². The van der Waals surface area contributed by atoms with E-state index < -0.39 is 24.0 Å². The first kappa shape index (κ1) is 27.2. The number of carbonyl (C=O) groups is 4. The molecule has 0 aliphatic carbocycles. The third kappa shape index (κ3) is 5.41. The number of nitrogens with zero attached hydrogens (tertiary/aromatic N) is 3. The average Bonchev–Trinajstić information content (AvgIpc) is 3.52. The van der Waals surface area contributed by atoms with Crippen molar-refractivity contribution in [3.8, 4) is 0 Å². The van der Waals surface area contributed by atoms with Crippen molar-refractivity contribution < 1.29 is 29.4 Å². The Morgan fingerprint density at radius 2 is 2.05 bits per heavy atom. The summed E-state index contributed by atoms with van der Waals surface area (Å²) < 4.78 is 0. The molecule has 8 N–H and O–H groups in total. The Hall–Kier alpha value is -2.84. The molecule has 14 heteroatoms. The average molecular weight is 538 g/mol.